The molecule has 0 saturated heterocycles. The highest BCUT2D eigenvalue weighted by Crippen LogP contribution is 2.34. The molecule has 0 aliphatic heterocycles. The lowest BCUT2D eigenvalue weighted by Crippen LogP contribution is -2.15. The lowest BCUT2D eigenvalue weighted by atomic mass is 10.0. The SMILES string of the molecule is O=C(Cc1nc(C(F)F)cs1)Nc1c(Br)cccc1-c1ccccc1. The molecule has 1 amide bonds. The minimum atomic E-state index is -2.62. The fourth-order valence-electron chi connectivity index (χ4n) is 2.34. The first-order valence-electron chi connectivity index (χ1n) is 7.41. The first kappa shape index (κ1) is 17.7. The van der Waals surface area contributed by atoms with Gasteiger partial charge in [0.2, 0.25) is 5.91 Å². The van der Waals surface area contributed by atoms with E-state index in [1.807, 2.05) is 48.5 Å². The third kappa shape index (κ3) is 4.29. The summed E-state index contributed by atoms with van der Waals surface area (Å²) >= 11 is 4.51. The van der Waals surface area contributed by atoms with Crippen molar-refractivity contribution in [2.45, 2.75) is 12.8 Å². The van der Waals surface area contributed by atoms with E-state index in [-0.39, 0.29) is 18.0 Å². The Morgan fingerprint density at radius 3 is 2.60 bits per heavy atom. The minimum Gasteiger partial charge on any atom is -0.324 e. The first-order chi connectivity index (χ1) is 12.0. The molecule has 25 heavy (non-hydrogen) atoms. The predicted molar refractivity (Wildman–Crippen MR) is 99.0 cm³/mol. The van der Waals surface area contributed by atoms with E-state index in [0.717, 1.165) is 26.9 Å². The molecule has 0 aliphatic rings. The summed E-state index contributed by atoms with van der Waals surface area (Å²) in [6.07, 6.45) is -2.67. The lowest BCUT2D eigenvalue weighted by Gasteiger charge is -2.13. The van der Waals surface area contributed by atoms with E-state index >= 15 is 0 Å². The molecule has 1 N–H and O–H groups in total. The summed E-state index contributed by atoms with van der Waals surface area (Å²) in [5, 5.41) is 4.50. The van der Waals surface area contributed by atoms with E-state index in [4.69, 9.17) is 0 Å². The maximum absolute atomic E-state index is 12.6. The zero-order chi connectivity index (χ0) is 17.8. The molecule has 7 heteroatoms. The van der Waals surface area contributed by atoms with Gasteiger partial charge in [0.1, 0.15) is 10.7 Å². The molecule has 0 radical (unpaired) electrons. The van der Waals surface area contributed by atoms with Crippen LogP contribution in [0.3, 0.4) is 0 Å². The van der Waals surface area contributed by atoms with Gasteiger partial charge in [-0.1, -0.05) is 42.5 Å². The average Bonchev–Trinajstić information content (AvgIpc) is 3.06. The normalized spacial score (nSPS) is 10.9. The van der Waals surface area contributed by atoms with Crippen LogP contribution in [0.25, 0.3) is 11.1 Å². The molecule has 3 rings (SSSR count). The van der Waals surface area contributed by atoms with Gasteiger partial charge >= 0.3 is 0 Å². The van der Waals surface area contributed by atoms with Crippen LogP contribution in [0.4, 0.5) is 14.5 Å². The molecule has 128 valence electrons. The van der Waals surface area contributed by atoms with E-state index in [0.29, 0.717) is 10.7 Å². The van der Waals surface area contributed by atoms with Crippen molar-refractivity contribution in [2.75, 3.05) is 5.32 Å². The largest absolute Gasteiger partial charge is 0.324 e. The number of nitrogens with one attached hydrogen (secondary N) is 1. The Morgan fingerprint density at radius 1 is 1.16 bits per heavy atom. The van der Waals surface area contributed by atoms with Crippen LogP contribution >= 0.6 is 27.3 Å². The van der Waals surface area contributed by atoms with Crippen molar-refractivity contribution in [2.24, 2.45) is 0 Å². The molecule has 0 unspecified atom stereocenters. The lowest BCUT2D eigenvalue weighted by molar-refractivity contribution is -0.115. The summed E-state index contributed by atoms with van der Waals surface area (Å²) < 4.78 is 25.9. The maximum atomic E-state index is 12.6. The van der Waals surface area contributed by atoms with Crippen LogP contribution in [0.5, 0.6) is 0 Å². The van der Waals surface area contributed by atoms with Crippen LogP contribution in [0.15, 0.2) is 58.4 Å². The van der Waals surface area contributed by atoms with Gasteiger partial charge in [-0.2, -0.15) is 0 Å². The number of nitrogens with zero attached hydrogens (tertiary/aromatic N) is 1. The number of alkyl halides is 2. The summed E-state index contributed by atoms with van der Waals surface area (Å²) in [5.41, 5.74) is 2.19. The van der Waals surface area contributed by atoms with Gasteiger partial charge in [-0.25, -0.2) is 13.8 Å². The van der Waals surface area contributed by atoms with Gasteiger partial charge in [-0.3, -0.25) is 4.79 Å². The molecule has 1 heterocycles. The van der Waals surface area contributed by atoms with E-state index in [9.17, 15) is 13.6 Å². The highest BCUT2D eigenvalue weighted by Gasteiger charge is 2.16. The molecule has 0 aliphatic carbocycles. The van der Waals surface area contributed by atoms with Crippen LogP contribution < -0.4 is 5.32 Å². The van der Waals surface area contributed by atoms with Crippen LogP contribution in [-0.2, 0) is 11.2 Å². The van der Waals surface area contributed by atoms with E-state index in [1.165, 1.54) is 5.38 Å². The van der Waals surface area contributed by atoms with E-state index < -0.39 is 6.43 Å². The second-order valence-corrected chi connectivity index (χ2v) is 7.02. The van der Waals surface area contributed by atoms with Crippen molar-refractivity contribution in [1.82, 2.24) is 4.98 Å². The number of halogens is 3. The number of carbonyl (C=O) groups is 1. The first-order valence-corrected chi connectivity index (χ1v) is 9.08. The molecule has 0 bridgehead atoms. The Kier molecular flexibility index (Phi) is 5.55. The number of carbonyl (C=O) groups excluding carboxylic acids is 1. The zero-order valence-electron chi connectivity index (χ0n) is 12.9. The second-order valence-electron chi connectivity index (χ2n) is 5.22. The fraction of sp³-hybridized carbons (Fsp3) is 0.111. The van der Waals surface area contributed by atoms with Crippen molar-refractivity contribution in [3.05, 3.63) is 69.1 Å². The van der Waals surface area contributed by atoms with Crippen LogP contribution in [-0.4, -0.2) is 10.9 Å². The van der Waals surface area contributed by atoms with E-state index in [1.54, 1.807) is 0 Å². The zero-order valence-corrected chi connectivity index (χ0v) is 15.3. The molecule has 0 spiro atoms. The number of hydrogen-bond acceptors (Lipinski definition) is 3. The molecule has 0 saturated carbocycles. The van der Waals surface area contributed by atoms with Gasteiger partial charge in [0, 0.05) is 15.4 Å². The summed E-state index contributed by atoms with van der Waals surface area (Å²) in [7, 11) is 0. The number of para-hydroxylation sites is 1. The highest BCUT2D eigenvalue weighted by atomic mass is 79.9. The number of thiazole rings is 1. The molecular weight excluding hydrogens is 410 g/mol. The number of amides is 1. The number of anilines is 1. The molecule has 1 aromatic heterocycles. The average molecular weight is 423 g/mol. The van der Waals surface area contributed by atoms with Crippen LogP contribution in [0.1, 0.15) is 17.1 Å². The smallest absolute Gasteiger partial charge is 0.281 e. The summed E-state index contributed by atoms with van der Waals surface area (Å²) in [5.74, 6) is -0.306. The third-order valence-corrected chi connectivity index (χ3v) is 5.00. The van der Waals surface area contributed by atoms with Crippen molar-refractivity contribution >= 4 is 38.9 Å². The van der Waals surface area contributed by atoms with Gasteiger partial charge < -0.3 is 5.32 Å². The summed E-state index contributed by atoms with van der Waals surface area (Å²) in [4.78, 5) is 16.1. The molecule has 0 fully saturated rings. The molecular formula is C18H13BrF2N2OS. The molecule has 2 aromatic carbocycles. The predicted octanol–water partition coefficient (Wildman–Crippen LogP) is 5.69. The van der Waals surface area contributed by atoms with Crippen LogP contribution in [0.2, 0.25) is 0 Å². The highest BCUT2D eigenvalue weighted by molar-refractivity contribution is 9.10. The van der Waals surface area contributed by atoms with Crippen molar-refractivity contribution in [1.29, 1.82) is 0 Å². The topological polar surface area (TPSA) is 42.0 Å². The molecule has 3 nitrogen and oxygen atoms in total. The number of rotatable bonds is 5. The van der Waals surface area contributed by atoms with Gasteiger partial charge in [-0.05, 0) is 27.6 Å². The number of hydrogen-bond donors (Lipinski definition) is 1. The molecule has 0 atom stereocenters. The standard InChI is InChI=1S/C18H13BrF2N2OS/c19-13-8-4-7-12(11-5-2-1-3-6-11)17(13)23-15(24)9-16-22-14(10-25-16)18(20)21/h1-8,10,18H,9H2,(H,23,24). The fourth-order valence-corrected chi connectivity index (χ4v) is 3.59. The van der Waals surface area contributed by atoms with Gasteiger partial charge in [0.15, 0.2) is 0 Å². The third-order valence-electron chi connectivity index (χ3n) is 3.47. The monoisotopic (exact) mass is 422 g/mol. The summed E-state index contributed by atoms with van der Waals surface area (Å²) in [6.45, 7) is 0. The Labute approximate surface area is 155 Å². The Bertz CT molecular complexity index is 884. The summed E-state index contributed by atoms with van der Waals surface area (Å²) in [6, 6.07) is 15.3. The van der Waals surface area contributed by atoms with E-state index in [2.05, 4.69) is 26.2 Å². The Balaban J connectivity index is 1.81. The van der Waals surface area contributed by atoms with Gasteiger partial charge in [0.25, 0.3) is 6.43 Å². The minimum absolute atomic E-state index is 0.0487. The number of aromatic nitrogens is 1. The maximum Gasteiger partial charge on any atom is 0.281 e. The van der Waals surface area contributed by atoms with Gasteiger partial charge in [0.05, 0.1) is 12.1 Å². The van der Waals surface area contributed by atoms with Crippen molar-refractivity contribution in [3.8, 4) is 11.1 Å². The Morgan fingerprint density at radius 2 is 1.92 bits per heavy atom. The Hall–Kier alpha value is -2.12. The van der Waals surface area contributed by atoms with Crippen LogP contribution in [0, 0.1) is 0 Å². The van der Waals surface area contributed by atoms with Crippen molar-refractivity contribution in [3.63, 3.8) is 0 Å². The van der Waals surface area contributed by atoms with Crippen molar-refractivity contribution < 1.29 is 13.6 Å². The quantitative estimate of drug-likeness (QED) is 0.573. The second kappa shape index (κ2) is 7.84. The molecule has 3 aromatic rings. The van der Waals surface area contributed by atoms with Gasteiger partial charge in [-0.15, -0.1) is 11.3 Å². The number of benzene rings is 2.